The van der Waals surface area contributed by atoms with E-state index >= 15 is 0 Å². The molecule has 2 amide bonds. The summed E-state index contributed by atoms with van der Waals surface area (Å²) in [5.74, 6) is 0. The number of carbonyl (C=O) groups excluding carboxylic acids is 2. The number of unbranched alkanes of at least 4 members (excludes halogenated alkanes) is 2. The van der Waals surface area contributed by atoms with Gasteiger partial charge in [0.2, 0.25) is 0 Å². The van der Waals surface area contributed by atoms with Crippen molar-refractivity contribution in [3.8, 4) is 0 Å². The summed E-state index contributed by atoms with van der Waals surface area (Å²) in [5, 5.41) is 0. The summed E-state index contributed by atoms with van der Waals surface area (Å²) < 4.78 is 4.87. The molecular formula is C20H33Cl2InN2O2Zr. The average molecular weight is 610 g/mol. The van der Waals surface area contributed by atoms with Crippen LogP contribution in [-0.4, -0.2) is 36.3 Å². The normalized spacial score (nSPS) is 12.1. The molecule has 0 aromatic heterocycles. The van der Waals surface area contributed by atoms with Crippen LogP contribution in [0, 0.1) is 12.2 Å². The van der Waals surface area contributed by atoms with Crippen molar-refractivity contribution in [1.29, 1.82) is 0 Å². The molecule has 0 saturated carbocycles. The minimum atomic E-state index is -1.35. The molecule has 156 valence electrons. The summed E-state index contributed by atoms with van der Waals surface area (Å²) in [6.07, 6.45) is 26.3. The van der Waals surface area contributed by atoms with Gasteiger partial charge in [0.15, 0.2) is 0 Å². The van der Waals surface area contributed by atoms with Crippen molar-refractivity contribution in [3.63, 3.8) is 0 Å². The van der Waals surface area contributed by atoms with E-state index in [1.54, 1.807) is 0 Å². The third-order valence-corrected chi connectivity index (χ3v) is 5.62. The number of amides is 2. The number of rotatable bonds is 10. The van der Waals surface area contributed by atoms with E-state index in [0.717, 1.165) is 12.8 Å². The van der Waals surface area contributed by atoms with E-state index in [-0.39, 0.29) is 51.0 Å². The van der Waals surface area contributed by atoms with Crippen LogP contribution in [0.25, 0.3) is 0 Å². The van der Waals surface area contributed by atoms with Crippen molar-refractivity contribution < 1.29 is 35.8 Å². The maximum absolute atomic E-state index is 9.47. The second-order valence-corrected chi connectivity index (χ2v) is 8.98. The fourth-order valence-corrected chi connectivity index (χ4v) is 2.93. The van der Waals surface area contributed by atoms with Crippen molar-refractivity contribution in [2.75, 3.05) is 0 Å². The molecule has 0 fully saturated rings. The first-order valence-corrected chi connectivity index (χ1v) is 13.2. The van der Waals surface area contributed by atoms with Gasteiger partial charge in [0.05, 0.1) is 0 Å². The van der Waals surface area contributed by atoms with E-state index in [2.05, 4.69) is 56.9 Å². The number of carbonyl (C=O) groups is 2. The van der Waals surface area contributed by atoms with Crippen LogP contribution >= 0.6 is 24.8 Å². The summed E-state index contributed by atoms with van der Waals surface area (Å²) in [4.78, 5) is 18.9. The molecule has 28 heavy (non-hydrogen) atoms. The second kappa shape index (κ2) is 29.4. The monoisotopic (exact) mass is 608 g/mol. The summed E-state index contributed by atoms with van der Waals surface area (Å²) in [6.45, 7) is 4.44. The van der Waals surface area contributed by atoms with Gasteiger partial charge in [-0.05, 0) is 0 Å². The predicted octanol–water partition coefficient (Wildman–Crippen LogP) is 4.32. The van der Waals surface area contributed by atoms with E-state index < -0.39 is 23.5 Å². The zero-order chi connectivity index (χ0) is 18.6. The zero-order valence-electron chi connectivity index (χ0n) is 17.0. The smallest absolute Gasteiger partial charge is 2.00 e. The quantitative estimate of drug-likeness (QED) is 0.220. The molecule has 4 nitrogen and oxygen atoms in total. The van der Waals surface area contributed by atoms with E-state index in [1.165, 1.54) is 49.7 Å². The van der Waals surface area contributed by atoms with Gasteiger partial charge in [-0.15, -0.1) is 37.7 Å². The number of nitrogens with one attached hydrogen (secondary N) is 2. The SMILES string of the molecule is CCCCC1=[C-]CC=C1.CCCCC1=[C-]CC=C1.Cl.Cl.O=C[NH][InH][NH]C=O.[Zr+2]. The molecule has 2 rings (SSSR count). The number of hydrogen-bond acceptors (Lipinski definition) is 2. The Morgan fingerprint density at radius 3 is 1.54 bits per heavy atom. The Labute approximate surface area is 214 Å². The van der Waals surface area contributed by atoms with Crippen LogP contribution in [0.15, 0.2) is 35.5 Å². The van der Waals surface area contributed by atoms with Crippen molar-refractivity contribution in [1.82, 2.24) is 6.61 Å². The molecule has 0 unspecified atom stereocenters. The summed E-state index contributed by atoms with van der Waals surface area (Å²) in [7, 11) is 0. The van der Waals surface area contributed by atoms with Gasteiger partial charge < -0.3 is 0 Å². The van der Waals surface area contributed by atoms with Gasteiger partial charge in [0.25, 0.3) is 0 Å². The number of halogens is 2. The number of hydrogen-bond donors (Lipinski definition) is 2. The molecule has 0 aromatic carbocycles. The predicted molar refractivity (Wildman–Crippen MR) is 120 cm³/mol. The first kappa shape index (κ1) is 35.7. The van der Waals surface area contributed by atoms with Crippen molar-refractivity contribution in [2.24, 2.45) is 0 Å². The van der Waals surface area contributed by atoms with Gasteiger partial charge in [-0.3, -0.25) is 12.2 Å². The van der Waals surface area contributed by atoms with E-state index in [0.29, 0.717) is 12.8 Å². The van der Waals surface area contributed by atoms with Crippen LogP contribution in [0.1, 0.15) is 65.2 Å². The van der Waals surface area contributed by atoms with Crippen molar-refractivity contribution in [3.05, 3.63) is 47.6 Å². The molecule has 2 N–H and O–H groups in total. The molecule has 0 bridgehead atoms. The molecule has 0 aromatic rings. The molecule has 8 heteroatoms. The summed E-state index contributed by atoms with van der Waals surface area (Å²) in [5.41, 5.74) is 2.83. The first-order valence-electron chi connectivity index (χ1n) is 9.14. The molecule has 0 heterocycles. The van der Waals surface area contributed by atoms with Crippen LogP contribution in [0.4, 0.5) is 0 Å². The minimum absolute atomic E-state index is 0. The van der Waals surface area contributed by atoms with Crippen molar-refractivity contribution in [2.45, 2.75) is 65.2 Å². The van der Waals surface area contributed by atoms with E-state index in [9.17, 15) is 9.59 Å². The van der Waals surface area contributed by atoms with Gasteiger partial charge >= 0.3 is 78.7 Å². The maximum Gasteiger partial charge on any atom is 2.00 e. The Morgan fingerprint density at radius 2 is 1.29 bits per heavy atom. The largest absolute Gasteiger partial charge is 2.00 e. The van der Waals surface area contributed by atoms with Crippen LogP contribution < -0.4 is 6.61 Å². The first-order chi connectivity index (χ1) is 12.3. The van der Waals surface area contributed by atoms with E-state index in [4.69, 9.17) is 0 Å². The fourth-order valence-electron chi connectivity index (χ4n) is 2.12. The second-order valence-electron chi connectivity index (χ2n) is 5.64. The van der Waals surface area contributed by atoms with Crippen LogP contribution in [0.3, 0.4) is 0 Å². The topological polar surface area (TPSA) is 58.2 Å². The molecule has 0 atom stereocenters. The standard InChI is InChI=1S/2C9H13.2CH3NO.2ClH.In.Zr.H/c2*1-2-3-6-9-7-4-5-8-9;2*2-1-3;;;;;/h2*4,7H,2-3,5-6H2,1H3;2*1H,(H2,2,3);2*1H;;;/q2*-1;;;;;2*+2;/p-2. The Morgan fingerprint density at radius 1 is 0.893 bits per heavy atom. The molecule has 0 radical (unpaired) electrons. The van der Waals surface area contributed by atoms with E-state index in [1.807, 2.05) is 0 Å². The molecule has 2 aliphatic carbocycles. The van der Waals surface area contributed by atoms with Crippen LogP contribution in [0.2, 0.25) is 0 Å². The molecular weight excluding hydrogens is 577 g/mol. The van der Waals surface area contributed by atoms with Gasteiger partial charge in [-0.25, -0.2) is 23.3 Å². The third-order valence-electron chi connectivity index (χ3n) is 3.50. The molecule has 2 aliphatic rings. The fraction of sp³-hybridized carbons (Fsp3) is 0.500. The van der Waals surface area contributed by atoms with Gasteiger partial charge in [0.1, 0.15) is 0 Å². The summed E-state index contributed by atoms with van der Waals surface area (Å²) >= 11 is -1.35. The van der Waals surface area contributed by atoms with Crippen LogP contribution in [-0.2, 0) is 35.8 Å². The van der Waals surface area contributed by atoms with Gasteiger partial charge in [-0.2, -0.15) is 12.2 Å². The summed E-state index contributed by atoms with van der Waals surface area (Å²) in [6, 6.07) is 0. The molecule has 0 saturated heterocycles. The third kappa shape index (κ3) is 24.3. The average Bonchev–Trinajstić information content (AvgIpc) is 3.33. The van der Waals surface area contributed by atoms with Crippen molar-refractivity contribution >= 4 is 61.1 Å². The molecule has 0 spiro atoms. The number of allylic oxidation sites excluding steroid dienone is 8. The minimum Gasteiger partial charge on any atom is 2.00 e. The Hall–Kier alpha value is 0.233. The Bertz CT molecular complexity index is 443. The molecule has 0 aliphatic heterocycles. The Balaban J connectivity index is -0.000000148. The van der Waals surface area contributed by atoms with Crippen LogP contribution in [0.5, 0.6) is 0 Å². The van der Waals surface area contributed by atoms with Gasteiger partial charge in [0, 0.05) is 0 Å². The van der Waals surface area contributed by atoms with Gasteiger partial charge in [-0.1, -0.05) is 52.4 Å². The zero-order valence-corrected chi connectivity index (χ0v) is 25.1. The maximum atomic E-state index is 9.47. The Kier molecular flexibility index (Phi) is 37.5.